The first-order valence-corrected chi connectivity index (χ1v) is 9.78. The maximum atomic E-state index is 13.0. The smallest absolute Gasteiger partial charge is 0.220 e. The third kappa shape index (κ3) is 5.21. The number of hydrogen-bond donors (Lipinski definition) is 1. The summed E-state index contributed by atoms with van der Waals surface area (Å²) in [5.74, 6) is -0.183. The molecule has 2 heterocycles. The van der Waals surface area contributed by atoms with E-state index in [1.807, 2.05) is 24.4 Å². The van der Waals surface area contributed by atoms with Crippen molar-refractivity contribution in [2.75, 3.05) is 0 Å². The fourth-order valence-electron chi connectivity index (χ4n) is 2.47. The van der Waals surface area contributed by atoms with Crippen LogP contribution in [0, 0.1) is 12.7 Å². The van der Waals surface area contributed by atoms with E-state index in [-0.39, 0.29) is 11.7 Å². The Bertz CT molecular complexity index is 826. The maximum absolute atomic E-state index is 13.0. The number of nitrogens with one attached hydrogen (secondary N) is 1. The van der Waals surface area contributed by atoms with Crippen LogP contribution >= 0.6 is 22.7 Å². The van der Waals surface area contributed by atoms with Crippen molar-refractivity contribution in [2.24, 2.45) is 0 Å². The van der Waals surface area contributed by atoms with Crippen molar-refractivity contribution in [3.8, 4) is 0 Å². The van der Waals surface area contributed by atoms with E-state index in [2.05, 4.69) is 10.3 Å². The predicted molar refractivity (Wildman–Crippen MR) is 101 cm³/mol. The lowest BCUT2D eigenvalue weighted by Crippen LogP contribution is -2.22. The van der Waals surface area contributed by atoms with Gasteiger partial charge in [-0.15, -0.1) is 22.7 Å². The van der Waals surface area contributed by atoms with Crippen LogP contribution in [-0.4, -0.2) is 10.9 Å². The molecule has 1 aromatic carbocycles. The highest BCUT2D eigenvalue weighted by Crippen LogP contribution is 2.22. The van der Waals surface area contributed by atoms with Gasteiger partial charge in [-0.25, -0.2) is 9.37 Å². The third-order valence-electron chi connectivity index (χ3n) is 3.83. The van der Waals surface area contributed by atoms with Crippen LogP contribution in [0.1, 0.15) is 32.4 Å². The van der Waals surface area contributed by atoms with Gasteiger partial charge in [0.1, 0.15) is 10.8 Å². The van der Waals surface area contributed by atoms with E-state index in [1.165, 1.54) is 17.0 Å². The summed E-state index contributed by atoms with van der Waals surface area (Å²) in [6, 6.07) is 10.6. The number of hydrogen-bond acceptors (Lipinski definition) is 4. The molecule has 0 bridgehead atoms. The molecule has 0 unspecified atom stereocenters. The van der Waals surface area contributed by atoms with Gasteiger partial charge in [-0.3, -0.25) is 4.79 Å². The Morgan fingerprint density at radius 2 is 2.04 bits per heavy atom. The normalized spacial score (nSPS) is 10.8. The molecule has 1 N–H and O–H groups in total. The van der Waals surface area contributed by atoms with E-state index in [9.17, 15) is 9.18 Å². The van der Waals surface area contributed by atoms with Crippen LogP contribution < -0.4 is 5.32 Å². The molecule has 3 nitrogen and oxygen atoms in total. The van der Waals surface area contributed by atoms with Crippen molar-refractivity contribution in [3.05, 3.63) is 73.6 Å². The third-order valence-corrected chi connectivity index (χ3v) is 5.92. The van der Waals surface area contributed by atoms with Crippen molar-refractivity contribution < 1.29 is 9.18 Å². The molecule has 0 aliphatic rings. The summed E-state index contributed by atoms with van der Waals surface area (Å²) in [6.07, 6.45) is 2.00. The zero-order chi connectivity index (χ0) is 17.6. The largest absolute Gasteiger partial charge is 0.350 e. The molecule has 6 heteroatoms. The quantitative estimate of drug-likeness (QED) is 0.662. The SMILES string of the molecule is Cc1nc(CNC(=O)CCc2cccs2)sc1Cc1ccc(F)cc1. The second-order valence-corrected chi connectivity index (χ2v) is 7.98. The summed E-state index contributed by atoms with van der Waals surface area (Å²) in [5, 5.41) is 5.86. The standard InChI is InChI=1S/C19H19FN2OS2/c1-13-17(11-14-4-6-15(20)7-5-14)25-19(22-13)12-21-18(23)9-8-16-3-2-10-24-16/h2-7,10H,8-9,11-12H2,1H3,(H,21,23). The van der Waals surface area contributed by atoms with Crippen LogP contribution in [0.25, 0.3) is 0 Å². The average molecular weight is 375 g/mol. The molecule has 1 amide bonds. The molecular formula is C19H19FN2OS2. The van der Waals surface area contributed by atoms with Gasteiger partial charge < -0.3 is 5.32 Å². The summed E-state index contributed by atoms with van der Waals surface area (Å²) in [4.78, 5) is 18.9. The molecule has 0 atom stereocenters. The molecule has 0 aliphatic heterocycles. The van der Waals surface area contributed by atoms with Gasteiger partial charge >= 0.3 is 0 Å². The van der Waals surface area contributed by atoms with Gasteiger partial charge in [0, 0.05) is 22.6 Å². The van der Waals surface area contributed by atoms with E-state index in [4.69, 9.17) is 0 Å². The molecule has 0 radical (unpaired) electrons. The minimum Gasteiger partial charge on any atom is -0.350 e. The van der Waals surface area contributed by atoms with Gasteiger partial charge in [-0.1, -0.05) is 18.2 Å². The predicted octanol–water partition coefficient (Wildman–Crippen LogP) is 4.49. The summed E-state index contributed by atoms with van der Waals surface area (Å²) < 4.78 is 13.0. The summed E-state index contributed by atoms with van der Waals surface area (Å²) >= 11 is 3.27. The molecule has 130 valence electrons. The number of thiazole rings is 1. The van der Waals surface area contributed by atoms with Gasteiger partial charge in [0.25, 0.3) is 0 Å². The second kappa shape index (κ2) is 8.36. The summed E-state index contributed by atoms with van der Waals surface area (Å²) in [7, 11) is 0. The highest BCUT2D eigenvalue weighted by atomic mass is 32.1. The Morgan fingerprint density at radius 3 is 2.76 bits per heavy atom. The first-order chi connectivity index (χ1) is 12.1. The Morgan fingerprint density at radius 1 is 1.24 bits per heavy atom. The summed E-state index contributed by atoms with van der Waals surface area (Å²) in [5.41, 5.74) is 2.02. The Kier molecular flexibility index (Phi) is 5.94. The minimum absolute atomic E-state index is 0.0429. The lowest BCUT2D eigenvalue weighted by atomic mass is 10.1. The zero-order valence-corrected chi connectivity index (χ0v) is 15.6. The fourth-order valence-corrected chi connectivity index (χ4v) is 4.22. The summed E-state index contributed by atoms with van der Waals surface area (Å²) in [6.45, 7) is 2.43. The maximum Gasteiger partial charge on any atom is 0.220 e. The second-order valence-electron chi connectivity index (χ2n) is 5.78. The number of carbonyl (C=O) groups is 1. The fraction of sp³-hybridized carbons (Fsp3) is 0.263. The van der Waals surface area contributed by atoms with Crippen molar-refractivity contribution in [2.45, 2.75) is 32.7 Å². The van der Waals surface area contributed by atoms with E-state index < -0.39 is 0 Å². The molecule has 25 heavy (non-hydrogen) atoms. The Labute approximate surface area is 154 Å². The number of carbonyl (C=O) groups excluding carboxylic acids is 1. The highest BCUT2D eigenvalue weighted by Gasteiger charge is 2.10. The Hall–Kier alpha value is -2.05. The number of thiophene rings is 1. The number of aromatic nitrogens is 1. The van der Waals surface area contributed by atoms with Gasteiger partial charge in [-0.2, -0.15) is 0 Å². The number of rotatable bonds is 7. The van der Waals surface area contributed by atoms with Gasteiger partial charge in [0.15, 0.2) is 0 Å². The molecule has 3 rings (SSSR count). The molecule has 0 spiro atoms. The van der Waals surface area contributed by atoms with Crippen molar-refractivity contribution in [3.63, 3.8) is 0 Å². The van der Waals surface area contributed by atoms with Crippen molar-refractivity contribution in [1.29, 1.82) is 0 Å². The van der Waals surface area contributed by atoms with Crippen LogP contribution in [0.15, 0.2) is 41.8 Å². The first-order valence-electron chi connectivity index (χ1n) is 8.09. The number of nitrogens with zero attached hydrogens (tertiary/aromatic N) is 1. The highest BCUT2D eigenvalue weighted by molar-refractivity contribution is 7.11. The van der Waals surface area contributed by atoms with E-state index in [0.717, 1.165) is 34.0 Å². The lowest BCUT2D eigenvalue weighted by molar-refractivity contribution is -0.121. The van der Waals surface area contributed by atoms with Crippen LogP contribution in [0.4, 0.5) is 4.39 Å². The van der Waals surface area contributed by atoms with Crippen molar-refractivity contribution >= 4 is 28.6 Å². The lowest BCUT2D eigenvalue weighted by Gasteiger charge is -2.02. The molecule has 2 aromatic heterocycles. The number of halogens is 1. The number of benzene rings is 1. The molecular weight excluding hydrogens is 355 g/mol. The molecule has 0 saturated carbocycles. The monoisotopic (exact) mass is 374 g/mol. The van der Waals surface area contributed by atoms with E-state index in [1.54, 1.807) is 34.8 Å². The van der Waals surface area contributed by atoms with Gasteiger partial charge in [-0.05, 0) is 42.5 Å². The van der Waals surface area contributed by atoms with Gasteiger partial charge in [0.05, 0.1) is 12.2 Å². The van der Waals surface area contributed by atoms with Crippen LogP contribution in [0.3, 0.4) is 0 Å². The van der Waals surface area contributed by atoms with Crippen LogP contribution in [-0.2, 0) is 24.2 Å². The van der Waals surface area contributed by atoms with Crippen LogP contribution in [0.2, 0.25) is 0 Å². The van der Waals surface area contributed by atoms with Crippen molar-refractivity contribution in [1.82, 2.24) is 10.3 Å². The van der Waals surface area contributed by atoms with E-state index >= 15 is 0 Å². The number of aryl methyl sites for hydroxylation is 2. The molecule has 0 aliphatic carbocycles. The Balaban J connectivity index is 1.51. The van der Waals surface area contributed by atoms with Gasteiger partial charge in [0.2, 0.25) is 5.91 Å². The molecule has 0 saturated heterocycles. The zero-order valence-electron chi connectivity index (χ0n) is 13.9. The van der Waals surface area contributed by atoms with E-state index in [0.29, 0.717) is 13.0 Å². The molecule has 0 fully saturated rings. The minimum atomic E-state index is -0.226. The average Bonchev–Trinajstić information content (AvgIpc) is 3.23. The first kappa shape index (κ1) is 17.8. The molecule has 3 aromatic rings. The van der Waals surface area contributed by atoms with Crippen LogP contribution in [0.5, 0.6) is 0 Å². The topological polar surface area (TPSA) is 42.0 Å². The number of amides is 1.